The first kappa shape index (κ1) is 22.7. The van der Waals surface area contributed by atoms with Crippen molar-refractivity contribution in [3.8, 4) is 5.75 Å². The molecule has 1 aliphatic rings. The Hall–Kier alpha value is -2.46. The number of sulfonamides is 1. The Balaban J connectivity index is 1.44. The number of anilines is 1. The Bertz CT molecular complexity index is 1260. The highest BCUT2D eigenvalue weighted by molar-refractivity contribution is 7.89. The van der Waals surface area contributed by atoms with Crippen LogP contribution >= 0.6 is 22.9 Å². The van der Waals surface area contributed by atoms with Gasteiger partial charge in [-0.1, -0.05) is 35.4 Å². The van der Waals surface area contributed by atoms with Gasteiger partial charge in [-0.2, -0.15) is 4.31 Å². The van der Waals surface area contributed by atoms with Crippen molar-refractivity contribution in [2.24, 2.45) is 0 Å². The second-order valence-electron chi connectivity index (χ2n) is 7.47. The molecule has 0 spiro atoms. The van der Waals surface area contributed by atoms with Gasteiger partial charge in [0.15, 0.2) is 5.13 Å². The fraction of sp³-hybridized carbons (Fsp3) is 0.273. The first-order chi connectivity index (χ1) is 15.3. The van der Waals surface area contributed by atoms with Gasteiger partial charge in [-0.3, -0.25) is 4.79 Å². The minimum absolute atomic E-state index is 0.0982. The van der Waals surface area contributed by atoms with Crippen molar-refractivity contribution < 1.29 is 17.9 Å². The highest BCUT2D eigenvalue weighted by Gasteiger charge is 2.30. The molecule has 4 rings (SSSR count). The molecule has 0 aliphatic carbocycles. The fourth-order valence-electron chi connectivity index (χ4n) is 3.42. The van der Waals surface area contributed by atoms with E-state index in [1.165, 1.54) is 15.6 Å². The number of carbonyl (C=O) groups excluding carboxylic acids is 1. The van der Waals surface area contributed by atoms with Crippen molar-refractivity contribution in [3.63, 3.8) is 0 Å². The molecule has 0 unspecified atom stereocenters. The van der Waals surface area contributed by atoms with Crippen molar-refractivity contribution in [2.75, 3.05) is 19.0 Å². The minimum Gasteiger partial charge on any atom is -0.497 e. The van der Waals surface area contributed by atoms with Crippen LogP contribution in [0.4, 0.5) is 5.13 Å². The molecule has 1 aromatic heterocycles. The molecule has 0 fully saturated rings. The second-order valence-corrected chi connectivity index (χ2v) is 10.9. The van der Waals surface area contributed by atoms with Crippen LogP contribution in [0.1, 0.15) is 21.7 Å². The number of thiazole rings is 1. The number of benzene rings is 2. The lowest BCUT2D eigenvalue weighted by atomic mass is 10.1. The van der Waals surface area contributed by atoms with Crippen LogP contribution in [-0.2, 0) is 34.2 Å². The van der Waals surface area contributed by atoms with Gasteiger partial charge < -0.3 is 10.1 Å². The third-order valence-corrected chi connectivity index (χ3v) is 8.42. The van der Waals surface area contributed by atoms with E-state index in [-0.39, 0.29) is 23.8 Å². The zero-order chi connectivity index (χ0) is 22.9. The van der Waals surface area contributed by atoms with E-state index in [1.807, 2.05) is 6.92 Å². The van der Waals surface area contributed by atoms with Crippen LogP contribution in [0, 0.1) is 6.92 Å². The molecule has 2 heterocycles. The Morgan fingerprint density at radius 1 is 1.25 bits per heavy atom. The van der Waals surface area contributed by atoms with Gasteiger partial charge in [-0.15, -0.1) is 11.3 Å². The van der Waals surface area contributed by atoms with Gasteiger partial charge in [-0.05, 0) is 36.8 Å². The molecule has 168 valence electrons. The summed E-state index contributed by atoms with van der Waals surface area (Å²) in [5.74, 6) is 0.379. The molecule has 1 aliphatic heterocycles. The second kappa shape index (κ2) is 9.19. The van der Waals surface area contributed by atoms with Crippen LogP contribution in [0.25, 0.3) is 0 Å². The molecule has 7 nitrogen and oxygen atoms in total. The van der Waals surface area contributed by atoms with E-state index in [0.29, 0.717) is 34.4 Å². The molecule has 0 saturated heterocycles. The predicted molar refractivity (Wildman–Crippen MR) is 125 cm³/mol. The zero-order valence-corrected chi connectivity index (χ0v) is 20.0. The van der Waals surface area contributed by atoms with E-state index < -0.39 is 10.0 Å². The standard InChI is InChI=1S/C22H22ClN3O4S2/c1-14-3-7-17(8-4-14)32(28,29)26-10-9-19-20(13-26)31-22(24-19)25-21(27)11-15-5-6-16(30-2)12-18(15)23/h3-8,12H,9-11,13H2,1-2H3,(H,24,25,27). The van der Waals surface area contributed by atoms with Crippen molar-refractivity contribution in [3.05, 3.63) is 69.2 Å². The summed E-state index contributed by atoms with van der Waals surface area (Å²) < 4.78 is 32.6. The van der Waals surface area contributed by atoms with Gasteiger partial charge >= 0.3 is 0 Å². The first-order valence-electron chi connectivity index (χ1n) is 9.94. The minimum atomic E-state index is -3.59. The summed E-state index contributed by atoms with van der Waals surface area (Å²) in [4.78, 5) is 18.1. The third-order valence-electron chi connectivity index (χ3n) is 5.21. The van der Waals surface area contributed by atoms with Crippen LogP contribution in [0.15, 0.2) is 47.4 Å². The summed E-state index contributed by atoms with van der Waals surface area (Å²) in [6, 6.07) is 12.0. The number of aryl methyl sites for hydroxylation is 1. The predicted octanol–water partition coefficient (Wildman–Crippen LogP) is 4.04. The molecule has 3 aromatic rings. The topological polar surface area (TPSA) is 88.6 Å². The molecule has 2 aromatic carbocycles. The number of rotatable bonds is 6. The van der Waals surface area contributed by atoms with Gasteiger partial charge in [0.25, 0.3) is 0 Å². The molecule has 32 heavy (non-hydrogen) atoms. The van der Waals surface area contributed by atoms with Crippen molar-refractivity contribution in [1.29, 1.82) is 0 Å². The van der Waals surface area contributed by atoms with Crippen LogP contribution in [0.2, 0.25) is 5.02 Å². The average Bonchev–Trinajstić information content (AvgIpc) is 3.16. The van der Waals surface area contributed by atoms with E-state index in [9.17, 15) is 13.2 Å². The van der Waals surface area contributed by atoms with Crippen molar-refractivity contribution in [1.82, 2.24) is 9.29 Å². The number of aromatic nitrogens is 1. The number of carbonyl (C=O) groups is 1. The monoisotopic (exact) mass is 491 g/mol. The van der Waals surface area contributed by atoms with Crippen LogP contribution in [0.3, 0.4) is 0 Å². The third kappa shape index (κ3) is 4.80. The maximum Gasteiger partial charge on any atom is 0.243 e. The van der Waals surface area contributed by atoms with E-state index in [1.54, 1.807) is 49.6 Å². The smallest absolute Gasteiger partial charge is 0.243 e. The fourth-order valence-corrected chi connectivity index (χ4v) is 6.19. The van der Waals surface area contributed by atoms with Gasteiger partial charge in [0.2, 0.25) is 15.9 Å². The molecule has 0 saturated carbocycles. The number of ether oxygens (including phenoxy) is 1. The Labute approximate surface area is 196 Å². The molecule has 1 N–H and O–H groups in total. The summed E-state index contributed by atoms with van der Waals surface area (Å²) in [6.07, 6.45) is 0.595. The lowest BCUT2D eigenvalue weighted by Crippen LogP contribution is -2.35. The zero-order valence-electron chi connectivity index (χ0n) is 17.6. The number of hydrogen-bond acceptors (Lipinski definition) is 6. The van der Waals surface area contributed by atoms with Crippen LogP contribution < -0.4 is 10.1 Å². The number of hydrogen-bond donors (Lipinski definition) is 1. The molecule has 0 bridgehead atoms. The number of amides is 1. The van der Waals surface area contributed by atoms with Crippen LogP contribution in [0.5, 0.6) is 5.75 Å². The average molecular weight is 492 g/mol. The Morgan fingerprint density at radius 2 is 2.00 bits per heavy atom. The van der Waals surface area contributed by atoms with Crippen molar-refractivity contribution in [2.45, 2.75) is 31.2 Å². The molecule has 10 heteroatoms. The molecule has 0 radical (unpaired) electrons. The van der Waals surface area contributed by atoms with Gasteiger partial charge in [0.05, 0.1) is 30.7 Å². The number of halogens is 1. The summed E-state index contributed by atoms with van der Waals surface area (Å²) >= 11 is 7.52. The SMILES string of the molecule is COc1ccc(CC(=O)Nc2nc3c(s2)CN(S(=O)(=O)c2ccc(C)cc2)CC3)c(Cl)c1. The highest BCUT2D eigenvalue weighted by Crippen LogP contribution is 2.31. The van der Waals surface area contributed by atoms with Gasteiger partial charge in [0, 0.05) is 22.9 Å². The number of nitrogens with one attached hydrogen (secondary N) is 1. The Kier molecular flexibility index (Phi) is 6.52. The number of fused-ring (bicyclic) bond motifs is 1. The lowest BCUT2D eigenvalue weighted by molar-refractivity contribution is -0.115. The van der Waals surface area contributed by atoms with Crippen LogP contribution in [-0.4, -0.2) is 37.3 Å². The first-order valence-corrected chi connectivity index (χ1v) is 12.6. The van der Waals surface area contributed by atoms with E-state index in [0.717, 1.165) is 16.1 Å². The number of nitrogens with zero attached hydrogens (tertiary/aromatic N) is 2. The van der Waals surface area contributed by atoms with Gasteiger partial charge in [0.1, 0.15) is 5.75 Å². The van der Waals surface area contributed by atoms with Crippen molar-refractivity contribution >= 4 is 44.0 Å². The summed E-state index contributed by atoms with van der Waals surface area (Å²) in [5, 5.41) is 3.72. The molecular weight excluding hydrogens is 470 g/mol. The maximum atomic E-state index is 13.0. The normalized spacial score (nSPS) is 14.1. The Morgan fingerprint density at radius 3 is 2.69 bits per heavy atom. The van der Waals surface area contributed by atoms with Gasteiger partial charge in [-0.25, -0.2) is 13.4 Å². The van der Waals surface area contributed by atoms with E-state index in [2.05, 4.69) is 10.3 Å². The summed E-state index contributed by atoms with van der Waals surface area (Å²) in [6.45, 7) is 2.50. The molecule has 1 amide bonds. The molecular formula is C22H22ClN3O4S2. The maximum absolute atomic E-state index is 13.0. The highest BCUT2D eigenvalue weighted by atomic mass is 35.5. The largest absolute Gasteiger partial charge is 0.497 e. The van der Waals surface area contributed by atoms with E-state index >= 15 is 0 Å². The van der Waals surface area contributed by atoms with E-state index in [4.69, 9.17) is 16.3 Å². The lowest BCUT2D eigenvalue weighted by Gasteiger charge is -2.25. The summed E-state index contributed by atoms with van der Waals surface area (Å²) in [5.41, 5.74) is 2.51. The number of methoxy groups -OCH3 is 1. The summed E-state index contributed by atoms with van der Waals surface area (Å²) in [7, 11) is -2.04. The molecule has 0 atom stereocenters. The quantitative estimate of drug-likeness (QED) is 0.562.